The highest BCUT2D eigenvalue weighted by Gasteiger charge is 2.30. The highest BCUT2D eigenvalue weighted by Crippen LogP contribution is 2.35. The molecule has 0 radical (unpaired) electrons. The van der Waals surface area contributed by atoms with Crippen molar-refractivity contribution < 1.29 is 13.2 Å². The van der Waals surface area contributed by atoms with E-state index >= 15 is 0 Å². The fourth-order valence-electron chi connectivity index (χ4n) is 4.21. The van der Waals surface area contributed by atoms with Crippen LogP contribution >= 0.6 is 0 Å². The van der Waals surface area contributed by atoms with Gasteiger partial charge in [0.2, 0.25) is 9.84 Å². The van der Waals surface area contributed by atoms with Gasteiger partial charge in [-0.2, -0.15) is 0 Å². The number of hydrogen-bond donors (Lipinski definition) is 2. The molecule has 30 heavy (non-hydrogen) atoms. The number of H-pyrrole nitrogens is 1. The molecule has 0 amide bonds. The maximum Gasteiger partial charge on any atom is 0.226 e. The number of hydrogen-bond acceptors (Lipinski definition) is 6. The molecule has 0 aliphatic carbocycles. The number of benzene rings is 1. The molecule has 156 valence electrons. The van der Waals surface area contributed by atoms with Gasteiger partial charge in [-0.25, -0.2) is 18.4 Å². The van der Waals surface area contributed by atoms with Gasteiger partial charge in [0.15, 0.2) is 5.03 Å². The molecule has 0 spiro atoms. The van der Waals surface area contributed by atoms with E-state index in [1.54, 1.807) is 36.5 Å². The zero-order valence-corrected chi connectivity index (χ0v) is 17.2. The molecular formula is C21H23N5O3S. The van der Waals surface area contributed by atoms with E-state index < -0.39 is 9.84 Å². The van der Waals surface area contributed by atoms with Crippen molar-refractivity contribution in [3.05, 3.63) is 48.4 Å². The molecule has 1 fully saturated rings. The Bertz CT molecular complexity index is 1300. The van der Waals surface area contributed by atoms with Crippen LogP contribution < -0.4 is 5.73 Å². The van der Waals surface area contributed by atoms with Crippen molar-refractivity contribution in [2.75, 3.05) is 19.8 Å². The highest BCUT2D eigenvalue weighted by atomic mass is 32.2. The topological polar surface area (TPSA) is 116 Å². The molecule has 1 aliphatic heterocycles. The van der Waals surface area contributed by atoms with Crippen molar-refractivity contribution >= 4 is 31.9 Å². The van der Waals surface area contributed by atoms with Gasteiger partial charge in [-0.3, -0.25) is 0 Å². The largest absolute Gasteiger partial charge is 0.379 e. The fraction of sp³-hybridized carbons (Fsp3) is 0.333. The van der Waals surface area contributed by atoms with Crippen LogP contribution in [0.1, 0.15) is 24.7 Å². The van der Waals surface area contributed by atoms with Crippen LogP contribution in [0.25, 0.3) is 22.1 Å². The molecule has 4 heterocycles. The van der Waals surface area contributed by atoms with Crippen LogP contribution in [0.5, 0.6) is 0 Å². The molecule has 0 bridgehead atoms. The van der Waals surface area contributed by atoms with Crippen LogP contribution in [0, 0.1) is 0 Å². The summed E-state index contributed by atoms with van der Waals surface area (Å²) < 4.78 is 34.8. The van der Waals surface area contributed by atoms with Gasteiger partial charge in [-0.1, -0.05) is 18.2 Å². The summed E-state index contributed by atoms with van der Waals surface area (Å²) in [6, 6.07) is 10.3. The van der Waals surface area contributed by atoms with E-state index in [1.165, 1.54) is 0 Å². The third-order valence-corrected chi connectivity index (χ3v) is 7.24. The molecule has 5 rings (SSSR count). The molecule has 8 nitrogen and oxygen atoms in total. The summed E-state index contributed by atoms with van der Waals surface area (Å²) in [7, 11) is -3.85. The Labute approximate surface area is 174 Å². The maximum absolute atomic E-state index is 13.5. The van der Waals surface area contributed by atoms with Crippen LogP contribution in [0.3, 0.4) is 0 Å². The molecule has 1 aliphatic rings. The van der Waals surface area contributed by atoms with Crippen molar-refractivity contribution in [1.29, 1.82) is 0 Å². The summed E-state index contributed by atoms with van der Waals surface area (Å²) in [5.41, 5.74) is 7.55. The number of ether oxygens (including phenoxy) is 1. The SMILES string of the molecule is NCCc1nc2c(S(=O)(=O)c3ccccc3)nc3[nH]ccc3c2n1C1CCCOC1. The molecule has 3 aromatic heterocycles. The number of rotatable bonds is 5. The van der Waals surface area contributed by atoms with Crippen molar-refractivity contribution in [3.63, 3.8) is 0 Å². The Morgan fingerprint density at radius 1 is 1.20 bits per heavy atom. The molecular weight excluding hydrogens is 402 g/mol. The van der Waals surface area contributed by atoms with Crippen molar-refractivity contribution in [2.24, 2.45) is 5.73 Å². The third-order valence-electron chi connectivity index (χ3n) is 5.56. The first-order valence-electron chi connectivity index (χ1n) is 10.1. The Morgan fingerprint density at radius 2 is 2.03 bits per heavy atom. The van der Waals surface area contributed by atoms with Gasteiger partial charge in [0, 0.05) is 24.6 Å². The van der Waals surface area contributed by atoms with E-state index in [0.717, 1.165) is 36.2 Å². The Kier molecular flexibility index (Phi) is 4.80. The summed E-state index contributed by atoms with van der Waals surface area (Å²) in [5, 5.41) is 0.811. The molecule has 1 saturated heterocycles. The molecule has 9 heteroatoms. The normalized spacial score (nSPS) is 17.7. The molecule has 0 saturated carbocycles. The lowest BCUT2D eigenvalue weighted by Crippen LogP contribution is -2.23. The van der Waals surface area contributed by atoms with Gasteiger partial charge in [0.25, 0.3) is 0 Å². The Balaban J connectivity index is 1.85. The van der Waals surface area contributed by atoms with Crippen LogP contribution in [-0.4, -0.2) is 47.7 Å². The lowest BCUT2D eigenvalue weighted by Gasteiger charge is -2.26. The minimum atomic E-state index is -3.85. The second-order valence-corrected chi connectivity index (χ2v) is 9.34. The summed E-state index contributed by atoms with van der Waals surface area (Å²) >= 11 is 0. The first kappa shape index (κ1) is 19.2. The molecule has 4 aromatic rings. The maximum atomic E-state index is 13.5. The molecule has 1 aromatic carbocycles. The van der Waals surface area contributed by atoms with E-state index in [-0.39, 0.29) is 16.0 Å². The predicted molar refractivity (Wildman–Crippen MR) is 113 cm³/mol. The quantitative estimate of drug-likeness (QED) is 0.508. The van der Waals surface area contributed by atoms with Crippen LogP contribution in [-0.2, 0) is 21.0 Å². The summed E-state index contributed by atoms with van der Waals surface area (Å²) in [6.07, 6.45) is 4.20. The van der Waals surface area contributed by atoms with Gasteiger partial charge >= 0.3 is 0 Å². The standard InChI is InChI=1S/C21H23N5O3S/c22-10-8-17-24-18-19(26(17)14-5-4-12-29-13-14)16-9-11-23-20(16)25-21(18)30(27,28)15-6-2-1-3-7-15/h1-3,6-7,9,11,14H,4-5,8,10,12-13,22H2,(H,23,25). The monoisotopic (exact) mass is 425 g/mol. The third kappa shape index (κ3) is 3.01. The van der Waals surface area contributed by atoms with E-state index in [1.807, 2.05) is 6.07 Å². The number of imidazole rings is 1. The van der Waals surface area contributed by atoms with Gasteiger partial charge in [0.05, 0.1) is 23.1 Å². The highest BCUT2D eigenvalue weighted by molar-refractivity contribution is 7.91. The molecule has 1 atom stereocenters. The van der Waals surface area contributed by atoms with Crippen molar-refractivity contribution in [1.82, 2.24) is 19.5 Å². The first-order valence-corrected chi connectivity index (χ1v) is 11.6. The predicted octanol–water partition coefficient (Wildman–Crippen LogP) is 2.60. The number of nitrogens with one attached hydrogen (secondary N) is 1. The van der Waals surface area contributed by atoms with Crippen LogP contribution in [0.4, 0.5) is 0 Å². The first-order chi connectivity index (χ1) is 14.6. The second kappa shape index (κ2) is 7.50. The average molecular weight is 426 g/mol. The molecule has 1 unspecified atom stereocenters. The van der Waals surface area contributed by atoms with Crippen molar-refractivity contribution in [2.45, 2.75) is 35.2 Å². The Hall–Kier alpha value is -2.75. The van der Waals surface area contributed by atoms with E-state index in [0.29, 0.717) is 30.7 Å². The summed E-state index contributed by atoms with van der Waals surface area (Å²) in [4.78, 5) is 12.5. The average Bonchev–Trinajstić information content (AvgIpc) is 3.38. The number of aromatic amines is 1. The lowest BCUT2D eigenvalue weighted by atomic mass is 10.1. The van der Waals surface area contributed by atoms with Crippen LogP contribution in [0.2, 0.25) is 0 Å². The minimum Gasteiger partial charge on any atom is -0.379 e. The van der Waals surface area contributed by atoms with Gasteiger partial charge in [-0.15, -0.1) is 0 Å². The number of nitrogens with zero attached hydrogens (tertiary/aromatic N) is 3. The Morgan fingerprint density at radius 3 is 2.77 bits per heavy atom. The zero-order valence-electron chi connectivity index (χ0n) is 16.4. The van der Waals surface area contributed by atoms with Gasteiger partial charge in [0.1, 0.15) is 17.0 Å². The molecule has 3 N–H and O–H groups in total. The van der Waals surface area contributed by atoms with Crippen molar-refractivity contribution in [3.8, 4) is 0 Å². The summed E-state index contributed by atoms with van der Waals surface area (Å²) in [6.45, 7) is 1.73. The summed E-state index contributed by atoms with van der Waals surface area (Å²) in [5.74, 6) is 0.767. The fourth-order valence-corrected chi connectivity index (χ4v) is 5.56. The minimum absolute atomic E-state index is 0.0348. The number of pyridine rings is 1. The number of aromatic nitrogens is 4. The van der Waals surface area contributed by atoms with E-state index in [9.17, 15) is 8.42 Å². The number of fused-ring (bicyclic) bond motifs is 3. The van der Waals surface area contributed by atoms with E-state index in [4.69, 9.17) is 15.5 Å². The smallest absolute Gasteiger partial charge is 0.226 e. The lowest BCUT2D eigenvalue weighted by molar-refractivity contribution is 0.0596. The number of sulfone groups is 1. The second-order valence-electron chi connectivity index (χ2n) is 7.48. The number of nitrogens with two attached hydrogens (primary N) is 1. The van der Waals surface area contributed by atoms with E-state index in [2.05, 4.69) is 14.5 Å². The van der Waals surface area contributed by atoms with Gasteiger partial charge in [-0.05, 0) is 37.6 Å². The van der Waals surface area contributed by atoms with Crippen LogP contribution in [0.15, 0.2) is 52.5 Å². The zero-order chi connectivity index (χ0) is 20.7. The van der Waals surface area contributed by atoms with Gasteiger partial charge < -0.3 is 20.0 Å².